The summed E-state index contributed by atoms with van der Waals surface area (Å²) in [5.41, 5.74) is 9.51. The fraction of sp³-hybridized carbons (Fsp3) is 0.250. The second-order valence-corrected chi connectivity index (χ2v) is 5.79. The van der Waals surface area contributed by atoms with E-state index in [1.54, 1.807) is 6.07 Å². The summed E-state index contributed by atoms with van der Waals surface area (Å²) in [5, 5.41) is 0. The molecule has 0 aliphatic heterocycles. The molecule has 0 bridgehead atoms. The van der Waals surface area contributed by atoms with Crippen molar-refractivity contribution in [3.63, 3.8) is 0 Å². The fourth-order valence-electron chi connectivity index (χ4n) is 2.25. The van der Waals surface area contributed by atoms with Gasteiger partial charge in [0, 0.05) is 10.5 Å². The van der Waals surface area contributed by atoms with Crippen molar-refractivity contribution in [1.29, 1.82) is 0 Å². The largest absolute Gasteiger partial charge is 0.324 e. The van der Waals surface area contributed by atoms with Gasteiger partial charge in [0.15, 0.2) is 11.6 Å². The molecule has 2 aromatic rings. The van der Waals surface area contributed by atoms with Gasteiger partial charge in [0.1, 0.15) is 0 Å². The van der Waals surface area contributed by atoms with E-state index in [9.17, 15) is 8.78 Å². The minimum atomic E-state index is -0.835. The van der Waals surface area contributed by atoms with Crippen molar-refractivity contribution in [2.24, 2.45) is 5.73 Å². The average molecular weight is 340 g/mol. The molecule has 0 heterocycles. The zero-order chi connectivity index (χ0) is 14.9. The van der Waals surface area contributed by atoms with E-state index in [1.807, 2.05) is 26.0 Å². The topological polar surface area (TPSA) is 26.0 Å². The van der Waals surface area contributed by atoms with Crippen LogP contribution in [0.2, 0.25) is 0 Å². The molecule has 0 spiro atoms. The summed E-state index contributed by atoms with van der Waals surface area (Å²) in [5.74, 6) is -1.65. The second kappa shape index (κ2) is 6.02. The Kier molecular flexibility index (Phi) is 4.55. The molecule has 0 fully saturated rings. The molecule has 1 atom stereocenters. The van der Waals surface area contributed by atoms with Gasteiger partial charge < -0.3 is 5.73 Å². The molecule has 0 amide bonds. The van der Waals surface area contributed by atoms with E-state index in [4.69, 9.17) is 5.73 Å². The van der Waals surface area contributed by atoms with Crippen LogP contribution in [0.25, 0.3) is 0 Å². The van der Waals surface area contributed by atoms with Gasteiger partial charge in [-0.05, 0) is 48.6 Å². The van der Waals surface area contributed by atoms with Crippen LogP contribution in [0.15, 0.2) is 34.8 Å². The Morgan fingerprint density at radius 3 is 2.35 bits per heavy atom. The monoisotopic (exact) mass is 339 g/mol. The normalized spacial score (nSPS) is 12.5. The Labute approximate surface area is 125 Å². The van der Waals surface area contributed by atoms with Crippen LogP contribution in [0.5, 0.6) is 0 Å². The van der Waals surface area contributed by atoms with Gasteiger partial charge in [0.25, 0.3) is 0 Å². The molecule has 2 N–H and O–H groups in total. The van der Waals surface area contributed by atoms with E-state index in [0.717, 1.165) is 27.2 Å². The maximum absolute atomic E-state index is 13.7. The second-order valence-electron chi connectivity index (χ2n) is 4.99. The smallest absolute Gasteiger partial charge is 0.162 e. The molecule has 0 aliphatic rings. The molecule has 20 heavy (non-hydrogen) atoms. The van der Waals surface area contributed by atoms with Gasteiger partial charge in [0.05, 0.1) is 0 Å². The first-order valence-electron chi connectivity index (χ1n) is 6.35. The lowest BCUT2D eigenvalue weighted by Gasteiger charge is -2.15. The summed E-state index contributed by atoms with van der Waals surface area (Å²) in [6.07, 6.45) is 0.268. The lowest BCUT2D eigenvalue weighted by Crippen LogP contribution is -2.15. The van der Waals surface area contributed by atoms with Crippen molar-refractivity contribution >= 4 is 15.9 Å². The van der Waals surface area contributed by atoms with Crippen molar-refractivity contribution in [2.45, 2.75) is 26.3 Å². The highest BCUT2D eigenvalue weighted by atomic mass is 79.9. The summed E-state index contributed by atoms with van der Waals surface area (Å²) >= 11 is 3.50. The Morgan fingerprint density at radius 2 is 1.75 bits per heavy atom. The molecule has 0 aliphatic carbocycles. The predicted octanol–water partition coefficient (Wildman–Crippen LogP) is 4.59. The minimum absolute atomic E-state index is 0.268. The zero-order valence-electron chi connectivity index (χ0n) is 11.4. The molecular weight excluding hydrogens is 324 g/mol. The number of halogens is 3. The highest BCUT2D eigenvalue weighted by molar-refractivity contribution is 9.10. The molecule has 0 saturated heterocycles. The Morgan fingerprint density at radius 1 is 1.15 bits per heavy atom. The van der Waals surface area contributed by atoms with Gasteiger partial charge in [-0.15, -0.1) is 0 Å². The number of hydrogen-bond donors (Lipinski definition) is 1. The van der Waals surface area contributed by atoms with E-state index in [2.05, 4.69) is 15.9 Å². The highest BCUT2D eigenvalue weighted by Gasteiger charge is 2.14. The Bertz CT molecular complexity index is 617. The van der Waals surface area contributed by atoms with Crippen LogP contribution in [0.3, 0.4) is 0 Å². The summed E-state index contributed by atoms with van der Waals surface area (Å²) in [6, 6.07) is 7.75. The fourth-order valence-corrected chi connectivity index (χ4v) is 2.48. The number of aryl methyl sites for hydroxylation is 2. The van der Waals surface area contributed by atoms with Gasteiger partial charge in [0.2, 0.25) is 0 Å². The van der Waals surface area contributed by atoms with E-state index < -0.39 is 11.6 Å². The first-order valence-corrected chi connectivity index (χ1v) is 7.14. The predicted molar refractivity (Wildman–Crippen MR) is 80.6 cm³/mol. The van der Waals surface area contributed by atoms with E-state index in [-0.39, 0.29) is 12.5 Å². The van der Waals surface area contributed by atoms with Crippen LogP contribution >= 0.6 is 15.9 Å². The summed E-state index contributed by atoms with van der Waals surface area (Å²) < 4.78 is 27.9. The summed E-state index contributed by atoms with van der Waals surface area (Å²) in [4.78, 5) is 0. The molecule has 106 valence electrons. The summed E-state index contributed by atoms with van der Waals surface area (Å²) in [6.45, 7) is 3.96. The third-order valence-electron chi connectivity index (χ3n) is 3.36. The van der Waals surface area contributed by atoms with E-state index in [0.29, 0.717) is 5.56 Å². The van der Waals surface area contributed by atoms with Gasteiger partial charge in [-0.25, -0.2) is 8.78 Å². The maximum Gasteiger partial charge on any atom is 0.162 e. The molecule has 2 aromatic carbocycles. The van der Waals surface area contributed by atoms with Crippen molar-refractivity contribution in [3.8, 4) is 0 Å². The van der Waals surface area contributed by atoms with Crippen molar-refractivity contribution in [3.05, 3.63) is 68.7 Å². The first-order chi connectivity index (χ1) is 9.40. The molecule has 1 nitrogen and oxygen atoms in total. The molecule has 2 rings (SSSR count). The average Bonchev–Trinajstić information content (AvgIpc) is 2.40. The number of nitrogens with two attached hydrogens (primary N) is 1. The van der Waals surface area contributed by atoms with Crippen molar-refractivity contribution < 1.29 is 8.78 Å². The van der Waals surface area contributed by atoms with E-state index >= 15 is 0 Å². The van der Waals surface area contributed by atoms with Crippen LogP contribution in [0.1, 0.15) is 28.3 Å². The van der Waals surface area contributed by atoms with Crippen LogP contribution in [-0.2, 0) is 6.42 Å². The number of benzene rings is 2. The third-order valence-corrected chi connectivity index (χ3v) is 4.61. The number of hydrogen-bond acceptors (Lipinski definition) is 1. The standard InChI is InChI=1S/C16H16BrF2N/c1-9-6-12(7-10(2)15(9)17)14(20)8-11-4-3-5-13(18)16(11)19/h3-7,14H,8,20H2,1-2H3. The van der Waals surface area contributed by atoms with Crippen LogP contribution in [-0.4, -0.2) is 0 Å². The molecule has 0 aromatic heterocycles. The Hall–Kier alpha value is -1.26. The van der Waals surface area contributed by atoms with Gasteiger partial charge in [-0.3, -0.25) is 0 Å². The first kappa shape index (κ1) is 15.1. The quantitative estimate of drug-likeness (QED) is 0.869. The lowest BCUT2D eigenvalue weighted by molar-refractivity contribution is 0.494. The lowest BCUT2D eigenvalue weighted by atomic mass is 9.96. The van der Waals surface area contributed by atoms with Crippen LogP contribution < -0.4 is 5.73 Å². The summed E-state index contributed by atoms with van der Waals surface area (Å²) in [7, 11) is 0. The SMILES string of the molecule is Cc1cc(C(N)Cc2cccc(F)c2F)cc(C)c1Br. The molecule has 1 unspecified atom stereocenters. The Balaban J connectivity index is 2.28. The van der Waals surface area contributed by atoms with Gasteiger partial charge >= 0.3 is 0 Å². The molecule has 0 saturated carbocycles. The van der Waals surface area contributed by atoms with Crippen molar-refractivity contribution in [1.82, 2.24) is 0 Å². The van der Waals surface area contributed by atoms with Crippen molar-refractivity contribution in [2.75, 3.05) is 0 Å². The van der Waals surface area contributed by atoms with Gasteiger partial charge in [-0.1, -0.05) is 40.2 Å². The van der Waals surface area contributed by atoms with E-state index in [1.165, 1.54) is 6.07 Å². The minimum Gasteiger partial charge on any atom is -0.324 e. The molecular formula is C16H16BrF2N. The van der Waals surface area contributed by atoms with Gasteiger partial charge in [-0.2, -0.15) is 0 Å². The van der Waals surface area contributed by atoms with Crippen LogP contribution in [0, 0.1) is 25.5 Å². The van der Waals surface area contributed by atoms with Crippen LogP contribution in [0.4, 0.5) is 8.78 Å². The highest BCUT2D eigenvalue weighted by Crippen LogP contribution is 2.27. The molecule has 4 heteroatoms. The number of rotatable bonds is 3. The zero-order valence-corrected chi connectivity index (χ0v) is 13.0. The molecule has 0 radical (unpaired) electrons. The maximum atomic E-state index is 13.7. The third kappa shape index (κ3) is 3.07.